The molecule has 0 radical (unpaired) electrons. The summed E-state index contributed by atoms with van der Waals surface area (Å²) in [6.07, 6.45) is 2.41. The molecule has 1 atom stereocenters. The van der Waals surface area contributed by atoms with Crippen LogP contribution in [0.3, 0.4) is 0 Å². The molecule has 0 N–H and O–H groups in total. The summed E-state index contributed by atoms with van der Waals surface area (Å²) in [4.78, 5) is 1.41. The molecule has 0 bridgehead atoms. The van der Waals surface area contributed by atoms with Crippen LogP contribution in [-0.4, -0.2) is 0 Å². The normalized spacial score (nSPS) is 25.2. The molecule has 0 amide bonds. The largest absolute Gasteiger partial charge is 0.0989 e. The van der Waals surface area contributed by atoms with Crippen LogP contribution in [0.25, 0.3) is 0 Å². The summed E-state index contributed by atoms with van der Waals surface area (Å²) < 4.78 is 0. The lowest BCUT2D eigenvalue weighted by molar-refractivity contribution is 0.126. The molecule has 4 rings (SSSR count). The predicted octanol–water partition coefficient (Wildman–Crippen LogP) is 7.47. The zero-order valence-electron chi connectivity index (χ0n) is 15.1. The van der Waals surface area contributed by atoms with Gasteiger partial charge in [-0.2, -0.15) is 0 Å². The molecule has 4 heteroatoms. The summed E-state index contributed by atoms with van der Waals surface area (Å²) in [5.74, 6) is 0. The third-order valence-electron chi connectivity index (χ3n) is 7.14. The van der Waals surface area contributed by atoms with Crippen LogP contribution >= 0.6 is 42.1 Å². The number of rotatable bonds is 3. The van der Waals surface area contributed by atoms with E-state index in [1.54, 1.807) is 26.5 Å². The van der Waals surface area contributed by atoms with E-state index in [0.29, 0.717) is 0 Å². The monoisotopic (exact) mass is 404 g/mol. The molecule has 2 aromatic rings. The molecule has 0 saturated carbocycles. The Balaban J connectivity index is 2.02. The predicted molar refractivity (Wildman–Crippen MR) is 119 cm³/mol. The van der Waals surface area contributed by atoms with Gasteiger partial charge in [0.05, 0.1) is 0 Å². The maximum absolute atomic E-state index is 4.31. The second-order valence-corrected chi connectivity index (χ2v) is 13.0. The molecule has 0 saturated heterocycles. The molecular formula is C21H24S4. The zero-order chi connectivity index (χ0) is 17.9. The lowest BCUT2D eigenvalue weighted by Crippen LogP contribution is -2.45. The fourth-order valence-corrected chi connectivity index (χ4v) is 8.55. The Kier molecular flexibility index (Phi) is 4.51. The van der Waals surface area contributed by atoms with Crippen LogP contribution in [0.2, 0.25) is 0 Å². The number of fused-ring (bicyclic) bond motifs is 4. The molecular weight excluding hydrogens is 380 g/mol. The van der Waals surface area contributed by atoms with Crippen LogP contribution in [0, 0.1) is 5.41 Å². The summed E-state index contributed by atoms with van der Waals surface area (Å²) in [7, 11) is 5.13. The van der Waals surface area contributed by atoms with Gasteiger partial charge in [-0.1, -0.05) is 75.8 Å². The first-order valence-electron chi connectivity index (χ1n) is 8.75. The highest BCUT2D eigenvalue weighted by molar-refractivity contribution is 9.23. The van der Waals surface area contributed by atoms with Gasteiger partial charge in [-0.05, 0) is 82.4 Å². The minimum Gasteiger partial charge on any atom is -0.0989 e. The maximum Gasteiger partial charge on any atom is 0.0271 e. The van der Waals surface area contributed by atoms with Crippen molar-refractivity contribution in [2.45, 2.75) is 56.3 Å². The fraction of sp³-hybridized carbons (Fsp3) is 0.429. The van der Waals surface area contributed by atoms with Gasteiger partial charge < -0.3 is 0 Å². The van der Waals surface area contributed by atoms with E-state index in [1.807, 2.05) is 10.8 Å². The smallest absolute Gasteiger partial charge is 0.0271 e. The van der Waals surface area contributed by atoms with Crippen LogP contribution in [0.1, 0.15) is 56.4 Å². The van der Waals surface area contributed by atoms with Crippen molar-refractivity contribution >= 4 is 42.1 Å². The SMILES string of the molecule is CC1(C)c2c(SSSS)cccc2C2(CCc3ccccc32)C1(C)C. The van der Waals surface area contributed by atoms with Gasteiger partial charge in [-0.25, -0.2) is 0 Å². The first kappa shape index (κ1) is 18.2. The fourth-order valence-electron chi connectivity index (χ4n) is 5.38. The molecule has 132 valence electrons. The second kappa shape index (κ2) is 6.19. The van der Waals surface area contributed by atoms with Crippen molar-refractivity contribution in [2.75, 3.05) is 0 Å². The Labute approximate surface area is 167 Å². The number of benzene rings is 2. The standard InChI is InChI=1S/C21H24S4/c1-19(2)18-16(10-7-11-17(18)23-25-24-22)21(20(19,3)4)13-12-14-8-5-6-9-15(14)21/h5-11,22H,12-13H2,1-4H3. The van der Waals surface area contributed by atoms with Gasteiger partial charge in [0.1, 0.15) is 0 Å². The minimum atomic E-state index is 0.116. The molecule has 0 aromatic heterocycles. The Bertz CT molecular complexity index is 824. The summed E-state index contributed by atoms with van der Waals surface area (Å²) in [6.45, 7) is 9.88. The minimum absolute atomic E-state index is 0.116. The summed E-state index contributed by atoms with van der Waals surface area (Å²) in [5.41, 5.74) is 6.61. The van der Waals surface area contributed by atoms with Gasteiger partial charge in [0, 0.05) is 10.3 Å². The number of hydrogen-bond donors (Lipinski definition) is 1. The second-order valence-electron chi connectivity index (χ2n) is 8.22. The Morgan fingerprint density at radius 1 is 0.920 bits per heavy atom. The third-order valence-corrected chi connectivity index (χ3v) is 11.5. The first-order chi connectivity index (χ1) is 11.9. The van der Waals surface area contributed by atoms with Crippen LogP contribution in [-0.2, 0) is 17.3 Å². The quantitative estimate of drug-likeness (QED) is 0.416. The highest BCUT2D eigenvalue weighted by Gasteiger charge is 2.64. The lowest BCUT2D eigenvalue weighted by atomic mass is 9.55. The molecule has 25 heavy (non-hydrogen) atoms. The van der Waals surface area contributed by atoms with E-state index in [2.05, 4.69) is 81.8 Å². The molecule has 0 heterocycles. The highest BCUT2D eigenvalue weighted by Crippen LogP contribution is 2.69. The Morgan fingerprint density at radius 3 is 2.40 bits per heavy atom. The molecule has 1 spiro atoms. The average Bonchev–Trinajstić information content (AvgIpc) is 3.05. The van der Waals surface area contributed by atoms with Crippen molar-refractivity contribution in [3.8, 4) is 0 Å². The van der Waals surface area contributed by atoms with Crippen molar-refractivity contribution in [2.24, 2.45) is 5.41 Å². The Hall–Kier alpha value is -0.160. The lowest BCUT2D eigenvalue weighted by Gasteiger charge is -2.47. The summed E-state index contributed by atoms with van der Waals surface area (Å²) in [5, 5.41) is 0. The van der Waals surface area contributed by atoms with Gasteiger partial charge in [0.25, 0.3) is 0 Å². The number of hydrogen-bond acceptors (Lipinski definition) is 4. The van der Waals surface area contributed by atoms with E-state index >= 15 is 0 Å². The van der Waals surface area contributed by atoms with E-state index in [1.165, 1.54) is 33.1 Å². The van der Waals surface area contributed by atoms with Crippen molar-refractivity contribution in [1.82, 2.24) is 0 Å². The van der Waals surface area contributed by atoms with E-state index in [-0.39, 0.29) is 16.2 Å². The highest BCUT2D eigenvalue weighted by atomic mass is 33.7. The molecule has 2 aliphatic carbocycles. The number of aryl methyl sites for hydroxylation is 1. The van der Waals surface area contributed by atoms with Gasteiger partial charge in [0.15, 0.2) is 0 Å². The van der Waals surface area contributed by atoms with E-state index < -0.39 is 0 Å². The van der Waals surface area contributed by atoms with Crippen molar-refractivity contribution < 1.29 is 0 Å². The van der Waals surface area contributed by atoms with Gasteiger partial charge in [0.2, 0.25) is 0 Å². The molecule has 0 aliphatic heterocycles. The van der Waals surface area contributed by atoms with Gasteiger partial charge in [-0.3, -0.25) is 0 Å². The number of thiol groups is 1. The molecule has 1 unspecified atom stereocenters. The van der Waals surface area contributed by atoms with Crippen molar-refractivity contribution in [3.63, 3.8) is 0 Å². The van der Waals surface area contributed by atoms with Gasteiger partial charge >= 0.3 is 0 Å². The molecule has 0 nitrogen and oxygen atoms in total. The van der Waals surface area contributed by atoms with Crippen LogP contribution in [0.5, 0.6) is 0 Å². The molecule has 2 aliphatic rings. The first-order valence-corrected chi connectivity index (χ1v) is 13.3. The average molecular weight is 405 g/mol. The Morgan fingerprint density at radius 2 is 1.64 bits per heavy atom. The van der Waals surface area contributed by atoms with Crippen LogP contribution in [0.4, 0.5) is 0 Å². The molecule has 2 aromatic carbocycles. The topological polar surface area (TPSA) is 0 Å². The zero-order valence-corrected chi connectivity index (χ0v) is 18.5. The maximum atomic E-state index is 4.31. The summed E-state index contributed by atoms with van der Waals surface area (Å²) >= 11 is 4.31. The van der Waals surface area contributed by atoms with Gasteiger partial charge in [-0.15, -0.1) is 0 Å². The van der Waals surface area contributed by atoms with E-state index in [0.717, 1.165) is 0 Å². The van der Waals surface area contributed by atoms with Crippen molar-refractivity contribution in [1.29, 1.82) is 0 Å². The van der Waals surface area contributed by atoms with Crippen LogP contribution in [0.15, 0.2) is 47.4 Å². The van der Waals surface area contributed by atoms with E-state index in [9.17, 15) is 0 Å². The van der Waals surface area contributed by atoms with Crippen molar-refractivity contribution in [3.05, 3.63) is 64.7 Å². The third kappa shape index (κ3) is 2.27. The van der Waals surface area contributed by atoms with Crippen LogP contribution < -0.4 is 0 Å². The summed E-state index contributed by atoms with van der Waals surface area (Å²) in [6, 6.07) is 16.1. The van der Waals surface area contributed by atoms with E-state index in [4.69, 9.17) is 0 Å². The molecule has 0 fully saturated rings.